The lowest BCUT2D eigenvalue weighted by molar-refractivity contribution is -0.384. The average molecular weight is 521 g/mol. The molecule has 11 nitrogen and oxygen atoms in total. The van der Waals surface area contributed by atoms with Crippen molar-refractivity contribution in [2.75, 3.05) is 30.8 Å². The number of likely N-dealkylation sites (N-methyl/N-ethyl adjacent to an activating group) is 1. The molecule has 0 radical (unpaired) electrons. The highest BCUT2D eigenvalue weighted by Crippen LogP contribution is 2.34. The number of anilines is 1. The van der Waals surface area contributed by atoms with Crippen molar-refractivity contribution >= 4 is 33.2 Å². The van der Waals surface area contributed by atoms with Crippen molar-refractivity contribution < 1.29 is 27.7 Å². The van der Waals surface area contributed by atoms with Gasteiger partial charge in [-0.25, -0.2) is 8.42 Å². The number of methoxy groups -OCH3 is 1. The van der Waals surface area contributed by atoms with Crippen molar-refractivity contribution in [1.29, 1.82) is 0 Å². The van der Waals surface area contributed by atoms with Crippen LogP contribution in [-0.2, 0) is 26.2 Å². The molecular formula is C24H32N4O7S. The van der Waals surface area contributed by atoms with Crippen LogP contribution in [0.3, 0.4) is 0 Å². The molecular weight excluding hydrogens is 488 g/mol. The number of benzene rings is 2. The number of nitro benzene ring substituents is 1. The highest BCUT2D eigenvalue weighted by atomic mass is 32.2. The predicted octanol–water partition coefficient (Wildman–Crippen LogP) is 2.62. The van der Waals surface area contributed by atoms with Gasteiger partial charge in [0, 0.05) is 25.2 Å². The predicted molar refractivity (Wildman–Crippen MR) is 136 cm³/mol. The van der Waals surface area contributed by atoms with E-state index in [-0.39, 0.29) is 29.6 Å². The number of nitrogens with one attached hydrogen (secondary N) is 1. The number of aryl methyl sites for hydroxylation is 1. The molecule has 2 aromatic rings. The van der Waals surface area contributed by atoms with Crippen LogP contribution >= 0.6 is 0 Å². The van der Waals surface area contributed by atoms with Gasteiger partial charge in [-0.05, 0) is 37.5 Å². The fourth-order valence-corrected chi connectivity index (χ4v) is 4.61. The molecule has 1 atom stereocenters. The molecule has 12 heteroatoms. The summed E-state index contributed by atoms with van der Waals surface area (Å²) in [5, 5.41) is 14.1. The smallest absolute Gasteiger partial charge is 0.271 e. The molecule has 0 aromatic heterocycles. The lowest BCUT2D eigenvalue weighted by Crippen LogP contribution is -2.52. The molecule has 0 saturated heterocycles. The second kappa shape index (κ2) is 12.3. The minimum Gasteiger partial charge on any atom is -0.495 e. The van der Waals surface area contributed by atoms with Gasteiger partial charge in [0.2, 0.25) is 21.8 Å². The van der Waals surface area contributed by atoms with Gasteiger partial charge in [-0.2, -0.15) is 0 Å². The molecule has 196 valence electrons. The Morgan fingerprint density at radius 3 is 2.36 bits per heavy atom. The standard InChI is InChI=1S/C24H32N4O7S/c1-6-20(24(30)25-7-2)26(15-18-11-9-8-10-17(18)3)23(29)16-27(36(5,33)34)21-14-19(28(31)32)12-13-22(21)35-4/h8-14,20H,6-7,15-16H2,1-5H3,(H,25,30)/t20-/m0/s1. The van der Waals surface area contributed by atoms with Crippen LogP contribution in [0, 0.1) is 17.0 Å². The van der Waals surface area contributed by atoms with Crippen molar-refractivity contribution in [3.05, 3.63) is 63.7 Å². The summed E-state index contributed by atoms with van der Waals surface area (Å²) in [5.41, 5.74) is 1.19. The van der Waals surface area contributed by atoms with E-state index in [1.54, 1.807) is 13.8 Å². The first kappa shape index (κ1) is 28.6. The topological polar surface area (TPSA) is 139 Å². The number of nitrogens with zero attached hydrogens (tertiary/aromatic N) is 3. The highest BCUT2D eigenvalue weighted by molar-refractivity contribution is 7.92. The number of rotatable bonds is 12. The Bertz CT molecular complexity index is 1220. The molecule has 0 bridgehead atoms. The van der Waals surface area contributed by atoms with Gasteiger partial charge >= 0.3 is 0 Å². The number of carbonyl (C=O) groups excluding carboxylic acids is 2. The summed E-state index contributed by atoms with van der Waals surface area (Å²) in [6.07, 6.45) is 1.19. The Hall–Kier alpha value is -3.67. The minimum atomic E-state index is -4.08. The molecule has 1 N–H and O–H groups in total. The zero-order valence-electron chi connectivity index (χ0n) is 21.1. The fourth-order valence-electron chi connectivity index (χ4n) is 3.76. The van der Waals surface area contributed by atoms with Gasteiger partial charge in [0.15, 0.2) is 0 Å². The maximum atomic E-state index is 13.7. The molecule has 0 aliphatic heterocycles. The van der Waals surface area contributed by atoms with Crippen LogP contribution in [0.25, 0.3) is 0 Å². The van der Waals surface area contributed by atoms with Crippen LogP contribution in [0.1, 0.15) is 31.4 Å². The third kappa shape index (κ3) is 6.94. The van der Waals surface area contributed by atoms with Crippen LogP contribution in [0.4, 0.5) is 11.4 Å². The summed E-state index contributed by atoms with van der Waals surface area (Å²) in [7, 11) is -2.79. The van der Waals surface area contributed by atoms with Crippen molar-refractivity contribution in [2.45, 2.75) is 39.8 Å². The van der Waals surface area contributed by atoms with Crippen molar-refractivity contribution in [3.8, 4) is 5.75 Å². The van der Waals surface area contributed by atoms with E-state index in [0.717, 1.165) is 27.8 Å². The summed E-state index contributed by atoms with van der Waals surface area (Å²) in [6.45, 7) is 5.15. The molecule has 2 rings (SSSR count). The van der Waals surface area contributed by atoms with Crippen molar-refractivity contribution in [2.24, 2.45) is 0 Å². The minimum absolute atomic E-state index is 0.0417. The van der Waals surface area contributed by atoms with E-state index in [0.29, 0.717) is 13.0 Å². The normalized spacial score (nSPS) is 11.9. The molecule has 2 amide bonds. The number of ether oxygens (including phenoxy) is 1. The van der Waals surface area contributed by atoms with E-state index in [1.807, 2.05) is 31.2 Å². The maximum Gasteiger partial charge on any atom is 0.271 e. The molecule has 0 spiro atoms. The number of hydrogen-bond acceptors (Lipinski definition) is 7. The Morgan fingerprint density at radius 1 is 1.17 bits per heavy atom. The van der Waals surface area contributed by atoms with Gasteiger partial charge in [-0.3, -0.25) is 24.0 Å². The third-order valence-electron chi connectivity index (χ3n) is 5.66. The molecule has 0 saturated carbocycles. The van der Waals surface area contributed by atoms with Gasteiger partial charge in [0.05, 0.1) is 18.3 Å². The molecule has 0 aliphatic carbocycles. The number of hydrogen-bond donors (Lipinski definition) is 1. The second-order valence-electron chi connectivity index (χ2n) is 8.15. The van der Waals surface area contributed by atoms with E-state index >= 15 is 0 Å². The zero-order chi connectivity index (χ0) is 27.0. The molecule has 0 fully saturated rings. The largest absolute Gasteiger partial charge is 0.495 e. The lowest BCUT2D eigenvalue weighted by Gasteiger charge is -2.33. The Labute approximate surface area is 211 Å². The van der Waals surface area contributed by atoms with Crippen LogP contribution in [0.5, 0.6) is 5.75 Å². The van der Waals surface area contributed by atoms with Crippen molar-refractivity contribution in [3.63, 3.8) is 0 Å². The Balaban J connectivity index is 2.57. The van der Waals surface area contributed by atoms with E-state index in [2.05, 4.69) is 5.32 Å². The SMILES string of the molecule is CCNC(=O)[C@H](CC)N(Cc1ccccc1C)C(=O)CN(c1cc([N+](=O)[O-])ccc1OC)S(C)(=O)=O. The molecule has 36 heavy (non-hydrogen) atoms. The fraction of sp³-hybridized carbons (Fsp3) is 0.417. The number of nitro groups is 1. The summed E-state index contributed by atoms with van der Waals surface area (Å²) < 4.78 is 31.5. The summed E-state index contributed by atoms with van der Waals surface area (Å²) >= 11 is 0. The number of amides is 2. The highest BCUT2D eigenvalue weighted by Gasteiger charge is 2.33. The number of non-ortho nitro benzene ring substituents is 1. The van der Waals surface area contributed by atoms with Crippen molar-refractivity contribution in [1.82, 2.24) is 10.2 Å². The second-order valence-corrected chi connectivity index (χ2v) is 10.1. The first-order valence-corrected chi connectivity index (χ1v) is 13.2. The van der Waals surface area contributed by atoms with Gasteiger partial charge < -0.3 is 15.0 Å². The summed E-state index contributed by atoms with van der Waals surface area (Å²) in [5.74, 6) is -0.962. The quantitative estimate of drug-likeness (QED) is 0.335. The van der Waals surface area contributed by atoms with Crippen LogP contribution < -0.4 is 14.4 Å². The van der Waals surface area contributed by atoms with E-state index in [9.17, 15) is 28.1 Å². The first-order chi connectivity index (χ1) is 16.9. The lowest BCUT2D eigenvalue weighted by atomic mass is 10.1. The molecule has 0 aliphatic rings. The van der Waals surface area contributed by atoms with E-state index in [1.165, 1.54) is 24.1 Å². The van der Waals surface area contributed by atoms with Gasteiger partial charge in [-0.1, -0.05) is 31.2 Å². The van der Waals surface area contributed by atoms with Crippen LogP contribution in [0.2, 0.25) is 0 Å². The van der Waals surface area contributed by atoms with E-state index in [4.69, 9.17) is 4.74 Å². The monoisotopic (exact) mass is 520 g/mol. The van der Waals surface area contributed by atoms with Gasteiger partial charge in [-0.15, -0.1) is 0 Å². The number of sulfonamides is 1. The van der Waals surface area contributed by atoms with Crippen LogP contribution in [0.15, 0.2) is 42.5 Å². The molecule has 2 aromatic carbocycles. The average Bonchev–Trinajstić information content (AvgIpc) is 2.82. The number of carbonyl (C=O) groups is 2. The molecule has 0 heterocycles. The van der Waals surface area contributed by atoms with Gasteiger partial charge in [0.1, 0.15) is 24.0 Å². The Morgan fingerprint density at radius 2 is 1.83 bits per heavy atom. The van der Waals surface area contributed by atoms with Gasteiger partial charge in [0.25, 0.3) is 5.69 Å². The van der Waals surface area contributed by atoms with E-state index < -0.39 is 33.4 Å². The van der Waals surface area contributed by atoms with Crippen LogP contribution in [-0.4, -0.2) is 62.6 Å². The summed E-state index contributed by atoms with van der Waals surface area (Å²) in [6, 6.07) is 10.0. The third-order valence-corrected chi connectivity index (χ3v) is 6.79. The Kier molecular flexibility index (Phi) is 9.79. The zero-order valence-corrected chi connectivity index (χ0v) is 21.9. The summed E-state index contributed by atoms with van der Waals surface area (Å²) in [4.78, 5) is 38.5. The first-order valence-electron chi connectivity index (χ1n) is 11.4. The molecule has 0 unspecified atom stereocenters. The maximum absolute atomic E-state index is 13.7.